The van der Waals surface area contributed by atoms with E-state index in [4.69, 9.17) is 34.2 Å². The lowest BCUT2D eigenvalue weighted by molar-refractivity contribution is -0.155. The van der Waals surface area contributed by atoms with Crippen LogP contribution in [0.1, 0.15) is 73.3 Å². The van der Waals surface area contributed by atoms with Crippen LogP contribution in [0.25, 0.3) is 0 Å². The van der Waals surface area contributed by atoms with Crippen molar-refractivity contribution in [2.24, 2.45) is 40.7 Å². The molecule has 0 bridgehead atoms. The number of primary amides is 1. The summed E-state index contributed by atoms with van der Waals surface area (Å²) in [7, 11) is 3.24. The van der Waals surface area contributed by atoms with Crippen molar-refractivity contribution in [2.75, 3.05) is 73.4 Å². The Hall–Kier alpha value is -3.66. The summed E-state index contributed by atoms with van der Waals surface area (Å²) in [6.45, 7) is 17.1. The van der Waals surface area contributed by atoms with E-state index < -0.39 is 53.6 Å². The number of amides is 3. The highest BCUT2D eigenvalue weighted by atomic mass is 16.6. The topological polar surface area (TPSA) is 188 Å². The Bertz CT molecular complexity index is 1420. The molecular weight excluding hydrogens is 724 g/mol. The zero-order valence-corrected chi connectivity index (χ0v) is 35.0. The molecule has 4 N–H and O–H groups in total. The van der Waals surface area contributed by atoms with Gasteiger partial charge in [-0.15, -0.1) is 0 Å². The average Bonchev–Trinajstić information content (AvgIpc) is 3.50. The smallest absolute Gasteiger partial charge is 0.409 e. The van der Waals surface area contributed by atoms with E-state index in [-0.39, 0.29) is 43.2 Å². The molecule has 2 aliphatic heterocycles. The molecule has 56 heavy (non-hydrogen) atoms. The molecule has 3 amide bonds. The molecule has 0 aromatic heterocycles. The zero-order chi connectivity index (χ0) is 41.6. The normalized spacial score (nSPS) is 20.8. The van der Waals surface area contributed by atoms with Gasteiger partial charge in [0.2, 0.25) is 11.8 Å². The van der Waals surface area contributed by atoms with Crippen LogP contribution in [0, 0.1) is 35.0 Å². The third-order valence-electron chi connectivity index (χ3n) is 11.0. The average molecular weight is 793 g/mol. The summed E-state index contributed by atoms with van der Waals surface area (Å²) < 4.78 is 34.5. The Labute approximate surface area is 333 Å². The summed E-state index contributed by atoms with van der Waals surface area (Å²) in [6, 6.07) is 5.17. The third-order valence-corrected chi connectivity index (χ3v) is 11.0. The molecule has 1 aromatic rings. The molecule has 0 spiro atoms. The number of esters is 1. The predicted octanol–water partition coefficient (Wildman–Crippen LogP) is 4.19. The number of hydrogen-bond acceptors (Lipinski definition) is 11. The highest BCUT2D eigenvalue weighted by Crippen LogP contribution is 2.37. The summed E-state index contributed by atoms with van der Waals surface area (Å²) >= 11 is 0. The van der Waals surface area contributed by atoms with Gasteiger partial charge >= 0.3 is 12.1 Å². The van der Waals surface area contributed by atoms with Crippen molar-refractivity contribution in [3.63, 3.8) is 0 Å². The van der Waals surface area contributed by atoms with E-state index in [1.165, 1.54) is 4.90 Å². The van der Waals surface area contributed by atoms with Crippen molar-refractivity contribution >= 4 is 23.9 Å². The molecule has 3 rings (SSSR count). The number of ether oxygens (including phenoxy) is 6. The lowest BCUT2D eigenvalue weighted by Crippen LogP contribution is -2.47. The molecule has 2 heterocycles. The maximum absolute atomic E-state index is 13.7. The Morgan fingerprint density at radius 2 is 1.70 bits per heavy atom. The molecule has 2 aliphatic rings. The molecule has 15 nitrogen and oxygen atoms in total. The monoisotopic (exact) mass is 792 g/mol. The first kappa shape index (κ1) is 46.7. The minimum absolute atomic E-state index is 0.0137. The summed E-state index contributed by atoms with van der Waals surface area (Å²) in [5.41, 5.74) is 5.61. The molecular formula is C41H68N4O11. The van der Waals surface area contributed by atoms with Crippen molar-refractivity contribution < 1.29 is 52.7 Å². The highest BCUT2D eigenvalue weighted by Gasteiger charge is 2.48. The summed E-state index contributed by atoms with van der Waals surface area (Å²) in [5.74, 6) is -1.06. The van der Waals surface area contributed by atoms with Crippen LogP contribution < -0.4 is 20.5 Å². The number of methoxy groups -OCH3 is 2. The van der Waals surface area contributed by atoms with E-state index in [0.717, 1.165) is 18.7 Å². The fourth-order valence-corrected chi connectivity index (χ4v) is 7.16. The van der Waals surface area contributed by atoms with Gasteiger partial charge in [-0.05, 0) is 68.6 Å². The van der Waals surface area contributed by atoms with E-state index in [1.54, 1.807) is 35.0 Å². The summed E-state index contributed by atoms with van der Waals surface area (Å²) in [4.78, 5) is 55.4. The molecule has 2 unspecified atom stereocenters. The van der Waals surface area contributed by atoms with Gasteiger partial charge in [-0.3, -0.25) is 24.2 Å². The molecule has 318 valence electrons. The quantitative estimate of drug-likeness (QED) is 0.106. The third kappa shape index (κ3) is 13.8. The number of rotatable bonds is 23. The van der Waals surface area contributed by atoms with Crippen LogP contribution in [0.2, 0.25) is 0 Å². The van der Waals surface area contributed by atoms with Gasteiger partial charge in [0, 0.05) is 52.2 Å². The van der Waals surface area contributed by atoms with Gasteiger partial charge in [0.05, 0.1) is 50.4 Å². The maximum Gasteiger partial charge on any atom is 0.409 e. The number of benzene rings is 1. The Balaban J connectivity index is 1.90. The molecule has 1 aromatic carbocycles. The fraction of sp³-hybridized carbons (Fsp3) is 0.756. The molecule has 0 saturated carbocycles. The second-order valence-corrected chi connectivity index (χ2v) is 16.5. The molecule has 15 heteroatoms. The van der Waals surface area contributed by atoms with Crippen molar-refractivity contribution in [2.45, 2.75) is 92.5 Å². The van der Waals surface area contributed by atoms with E-state index in [9.17, 15) is 24.3 Å². The summed E-state index contributed by atoms with van der Waals surface area (Å²) in [6.07, 6.45) is -1.01. The van der Waals surface area contributed by atoms with Crippen LogP contribution in [-0.2, 0) is 39.8 Å². The van der Waals surface area contributed by atoms with E-state index in [1.807, 2.05) is 32.0 Å². The van der Waals surface area contributed by atoms with E-state index in [2.05, 4.69) is 24.1 Å². The van der Waals surface area contributed by atoms with Gasteiger partial charge in [0.15, 0.2) is 17.7 Å². The Morgan fingerprint density at radius 1 is 1.00 bits per heavy atom. The molecule has 2 fully saturated rings. The minimum atomic E-state index is -1.20. The molecule has 0 radical (unpaired) electrons. The first-order valence-corrected chi connectivity index (χ1v) is 20.0. The first-order chi connectivity index (χ1) is 26.5. The number of morpholine rings is 1. The predicted molar refractivity (Wildman–Crippen MR) is 210 cm³/mol. The number of nitrogens with two attached hydrogens (primary N) is 1. The first-order valence-electron chi connectivity index (χ1n) is 20.0. The number of hydrogen-bond donors (Lipinski definition) is 3. The van der Waals surface area contributed by atoms with Crippen molar-refractivity contribution in [3.8, 4) is 11.5 Å². The van der Waals surface area contributed by atoms with Crippen LogP contribution in [0.15, 0.2) is 18.2 Å². The standard InChI is InChI=1S/C41H68N4O11/c1-26(2)30(19-29-11-12-33(52-9)35(20-29)54-16-10-15-51-8)21-32-34(22-31(27(3)4)37(46)43-25-41(6,7)39(42)48)56-36(45(32)40(49)50)24-55-38(47)28(5)23-44-13-17-53-18-14-44/h11-12,20,26-28,30-32,34,36H,10,13-19,21-25H2,1-9H3,(H2,42,48)(H,43,46)(H,49,50)/t28?,30-,31-,32-,34-,36?/m0/s1. The van der Waals surface area contributed by atoms with E-state index >= 15 is 0 Å². The second-order valence-electron chi connectivity index (χ2n) is 16.5. The fourth-order valence-electron chi connectivity index (χ4n) is 7.16. The van der Waals surface area contributed by atoms with Gasteiger partial charge in [0.1, 0.15) is 6.61 Å². The van der Waals surface area contributed by atoms with Crippen LogP contribution >= 0.6 is 0 Å². The number of nitrogens with zero attached hydrogens (tertiary/aromatic N) is 2. The van der Waals surface area contributed by atoms with Crippen LogP contribution in [0.4, 0.5) is 4.79 Å². The summed E-state index contributed by atoms with van der Waals surface area (Å²) in [5, 5.41) is 13.6. The van der Waals surface area contributed by atoms with Crippen LogP contribution in [-0.4, -0.2) is 131 Å². The Morgan fingerprint density at radius 3 is 2.29 bits per heavy atom. The molecule has 2 saturated heterocycles. The molecule has 0 aliphatic carbocycles. The number of carboxylic acid groups (broad SMARTS) is 1. The van der Waals surface area contributed by atoms with Crippen molar-refractivity contribution in [1.29, 1.82) is 0 Å². The van der Waals surface area contributed by atoms with Gasteiger partial charge in [0.25, 0.3) is 0 Å². The number of carbonyl (C=O) groups is 4. The van der Waals surface area contributed by atoms with E-state index in [0.29, 0.717) is 63.7 Å². The zero-order valence-electron chi connectivity index (χ0n) is 35.0. The molecule has 6 atom stereocenters. The largest absolute Gasteiger partial charge is 0.493 e. The maximum atomic E-state index is 13.7. The number of carbonyl (C=O) groups excluding carboxylic acids is 3. The van der Waals surface area contributed by atoms with Gasteiger partial charge in [-0.2, -0.15) is 0 Å². The van der Waals surface area contributed by atoms with Crippen molar-refractivity contribution in [3.05, 3.63) is 23.8 Å². The van der Waals surface area contributed by atoms with Gasteiger partial charge in [-0.1, -0.05) is 40.7 Å². The van der Waals surface area contributed by atoms with Crippen LogP contribution in [0.5, 0.6) is 11.5 Å². The van der Waals surface area contributed by atoms with Gasteiger partial charge < -0.3 is 44.6 Å². The lowest BCUT2D eigenvalue weighted by atomic mass is 9.80. The highest BCUT2D eigenvalue weighted by molar-refractivity contribution is 5.83. The second kappa shape index (κ2) is 22.3. The Kier molecular flexibility index (Phi) is 18.6. The number of nitrogens with one attached hydrogen (secondary N) is 1. The minimum Gasteiger partial charge on any atom is -0.493 e. The SMILES string of the molecule is COCCCOc1cc(C[C@@H](C[C@H]2[C@H](C[C@H](C(=O)NCC(C)(C)C(N)=O)C(C)C)OC(COC(=O)C(C)CN3CCOCC3)N2C(=O)O)C(C)C)ccc1OC. The lowest BCUT2D eigenvalue weighted by Gasteiger charge is -2.33. The van der Waals surface area contributed by atoms with Crippen LogP contribution in [0.3, 0.4) is 0 Å². The van der Waals surface area contributed by atoms with Crippen molar-refractivity contribution in [1.82, 2.24) is 15.1 Å². The van der Waals surface area contributed by atoms with Gasteiger partial charge in [-0.25, -0.2) is 4.79 Å².